The van der Waals surface area contributed by atoms with E-state index in [1.165, 1.54) is 38.1 Å². The van der Waals surface area contributed by atoms with Crippen LogP contribution in [-0.2, 0) is 0 Å². The van der Waals surface area contributed by atoms with Gasteiger partial charge in [-0.05, 0) is 0 Å². The zero-order valence-corrected chi connectivity index (χ0v) is 22.8. The van der Waals surface area contributed by atoms with E-state index in [1.807, 2.05) is 0 Å². The number of hydrogen-bond acceptors (Lipinski definition) is 0. The third-order valence-corrected chi connectivity index (χ3v) is 22.4. The van der Waals surface area contributed by atoms with Crippen LogP contribution in [0.1, 0.15) is 30.5 Å². The SMILES string of the molecule is C[CH2][Ge]1([CH2]C)[C]2=C(c3ccccc3)P(c3ccccc3)C2=C(c2ccccc2)c2cccc[c]21. The van der Waals surface area contributed by atoms with Crippen molar-refractivity contribution in [2.75, 3.05) is 0 Å². The molecule has 2 aliphatic heterocycles. The zero-order valence-electron chi connectivity index (χ0n) is 19.8. The van der Waals surface area contributed by atoms with Crippen LogP contribution in [0.15, 0.2) is 125 Å². The average molecular weight is 517 g/mol. The van der Waals surface area contributed by atoms with E-state index in [9.17, 15) is 0 Å². The van der Waals surface area contributed by atoms with Gasteiger partial charge in [0.15, 0.2) is 0 Å². The summed E-state index contributed by atoms with van der Waals surface area (Å²) in [4.78, 5) is 0. The third kappa shape index (κ3) is 3.16. The first kappa shape index (κ1) is 21.8. The quantitative estimate of drug-likeness (QED) is 0.186. The monoisotopic (exact) mass is 518 g/mol. The molecule has 0 bridgehead atoms. The van der Waals surface area contributed by atoms with Gasteiger partial charge in [-0.1, -0.05) is 0 Å². The molecule has 0 spiro atoms. The van der Waals surface area contributed by atoms with Crippen LogP contribution in [0.4, 0.5) is 0 Å². The minimum absolute atomic E-state index is 0.541. The number of fused-ring (bicyclic) bond motifs is 2. The summed E-state index contributed by atoms with van der Waals surface area (Å²) in [7, 11) is -0.541. The molecule has 1 unspecified atom stereocenters. The zero-order chi connectivity index (χ0) is 23.1. The van der Waals surface area contributed by atoms with Gasteiger partial charge in [-0.25, -0.2) is 0 Å². The summed E-state index contributed by atoms with van der Waals surface area (Å²) in [5, 5.41) is 7.40. The first-order valence-electron chi connectivity index (χ1n) is 12.4. The topological polar surface area (TPSA) is 0 Å². The van der Waals surface area contributed by atoms with Gasteiger partial charge in [0.05, 0.1) is 0 Å². The Balaban J connectivity index is 1.78. The number of benzene rings is 4. The van der Waals surface area contributed by atoms with Crippen LogP contribution in [0.2, 0.25) is 10.5 Å². The van der Waals surface area contributed by atoms with Crippen LogP contribution < -0.4 is 9.70 Å². The molecule has 4 aromatic carbocycles. The molecule has 2 heteroatoms. The van der Waals surface area contributed by atoms with Crippen LogP contribution in [0.25, 0.3) is 10.9 Å². The second kappa shape index (κ2) is 8.84. The van der Waals surface area contributed by atoms with E-state index >= 15 is 0 Å². The summed E-state index contributed by atoms with van der Waals surface area (Å²) in [6.45, 7) is 4.92. The standard InChI is InChI=1S/C32H29GeP/c1-3-33(4-2)28-23-15-14-22-27(28)29(24-16-8-5-9-17-24)32-30(33)31(25-18-10-6-11-19-25)34(32)26-20-12-7-13-21-26/h5-23H,3-4H2,1-2H3. The fraction of sp³-hybridized carbons (Fsp3) is 0.125. The molecule has 0 aliphatic carbocycles. The van der Waals surface area contributed by atoms with Crippen molar-refractivity contribution in [1.82, 2.24) is 0 Å². The Morgan fingerprint density at radius 2 is 1.09 bits per heavy atom. The summed E-state index contributed by atoms with van der Waals surface area (Å²) in [5.74, 6) is 0. The van der Waals surface area contributed by atoms with Gasteiger partial charge < -0.3 is 0 Å². The van der Waals surface area contributed by atoms with Crippen molar-refractivity contribution in [2.45, 2.75) is 24.4 Å². The fourth-order valence-corrected chi connectivity index (χ4v) is 21.8. The predicted molar refractivity (Wildman–Crippen MR) is 152 cm³/mol. The van der Waals surface area contributed by atoms with Gasteiger partial charge >= 0.3 is 208 Å². The molecular weight excluding hydrogens is 488 g/mol. The van der Waals surface area contributed by atoms with Crippen molar-refractivity contribution in [3.63, 3.8) is 0 Å². The van der Waals surface area contributed by atoms with E-state index < -0.39 is 21.2 Å². The summed E-state index contributed by atoms with van der Waals surface area (Å²) >= 11 is -2.56. The first-order chi connectivity index (χ1) is 16.8. The van der Waals surface area contributed by atoms with Gasteiger partial charge in [0.1, 0.15) is 0 Å². The molecule has 0 saturated heterocycles. The predicted octanol–water partition coefficient (Wildman–Crippen LogP) is 7.93. The Kier molecular flexibility index (Phi) is 5.68. The molecule has 4 aromatic rings. The van der Waals surface area contributed by atoms with Gasteiger partial charge in [-0.15, -0.1) is 0 Å². The van der Waals surface area contributed by atoms with Crippen LogP contribution in [0, 0.1) is 0 Å². The molecule has 0 radical (unpaired) electrons. The molecule has 2 aliphatic rings. The second-order valence-corrected chi connectivity index (χ2v) is 21.0. The summed E-state index contributed by atoms with van der Waals surface area (Å²) in [5.41, 5.74) is 5.79. The van der Waals surface area contributed by atoms with Crippen molar-refractivity contribution in [3.8, 4) is 0 Å². The van der Waals surface area contributed by atoms with Gasteiger partial charge in [0.25, 0.3) is 0 Å². The van der Waals surface area contributed by atoms with Crippen molar-refractivity contribution in [2.24, 2.45) is 0 Å². The van der Waals surface area contributed by atoms with E-state index in [0.29, 0.717) is 0 Å². The second-order valence-electron chi connectivity index (χ2n) is 9.19. The Morgan fingerprint density at radius 1 is 0.559 bits per heavy atom. The van der Waals surface area contributed by atoms with Crippen molar-refractivity contribution in [3.05, 3.63) is 142 Å². The number of allylic oxidation sites excluding steroid dienone is 2. The molecule has 166 valence electrons. The molecule has 0 N–H and O–H groups in total. The molecule has 0 saturated carbocycles. The van der Waals surface area contributed by atoms with E-state index in [1.54, 1.807) is 19.4 Å². The van der Waals surface area contributed by atoms with Crippen LogP contribution in [0.3, 0.4) is 0 Å². The fourth-order valence-electron chi connectivity index (χ4n) is 6.05. The molecule has 0 fully saturated rings. The Bertz CT molecular complexity index is 1400. The molecule has 2 heterocycles. The summed E-state index contributed by atoms with van der Waals surface area (Å²) < 4.78 is 3.46. The molecule has 6 rings (SSSR count). The van der Waals surface area contributed by atoms with Gasteiger partial charge in [-0.2, -0.15) is 0 Å². The maximum absolute atomic E-state index is 2.56. The van der Waals surface area contributed by atoms with Crippen LogP contribution in [0.5, 0.6) is 0 Å². The summed E-state index contributed by atoms with van der Waals surface area (Å²) in [6, 6.07) is 43.1. The molecule has 34 heavy (non-hydrogen) atoms. The van der Waals surface area contributed by atoms with Crippen molar-refractivity contribution >= 4 is 41.8 Å². The number of rotatable bonds is 5. The van der Waals surface area contributed by atoms with E-state index in [4.69, 9.17) is 0 Å². The molecule has 0 amide bonds. The molecular formula is C32H29GeP. The third-order valence-electron chi connectivity index (χ3n) is 7.68. The molecule has 0 nitrogen and oxygen atoms in total. The van der Waals surface area contributed by atoms with Crippen molar-refractivity contribution in [1.29, 1.82) is 0 Å². The van der Waals surface area contributed by atoms with Gasteiger partial charge in [-0.3, -0.25) is 0 Å². The van der Waals surface area contributed by atoms with Crippen molar-refractivity contribution < 1.29 is 0 Å². The molecule has 0 aromatic heterocycles. The van der Waals surface area contributed by atoms with Gasteiger partial charge in [0, 0.05) is 0 Å². The Hall–Kier alpha value is -2.67. The molecule has 1 atom stereocenters. The first-order valence-corrected chi connectivity index (χ1v) is 18.8. The van der Waals surface area contributed by atoms with Crippen LogP contribution in [-0.4, -0.2) is 13.3 Å². The summed E-state index contributed by atoms with van der Waals surface area (Å²) in [6.07, 6.45) is 0. The van der Waals surface area contributed by atoms with Gasteiger partial charge in [0.2, 0.25) is 0 Å². The van der Waals surface area contributed by atoms with E-state index in [-0.39, 0.29) is 0 Å². The Morgan fingerprint density at radius 3 is 1.71 bits per heavy atom. The van der Waals surface area contributed by atoms with Crippen LogP contribution >= 0.6 is 7.92 Å². The maximum atomic E-state index is 2.47. The van der Waals surface area contributed by atoms with E-state index in [0.717, 1.165) is 0 Å². The normalized spacial score (nSPS) is 18.2. The number of hydrogen-bond donors (Lipinski definition) is 0. The minimum atomic E-state index is -2.56. The van der Waals surface area contributed by atoms with E-state index in [2.05, 4.69) is 129 Å². The average Bonchev–Trinajstić information content (AvgIpc) is 2.91. The Labute approximate surface area is 207 Å².